The van der Waals surface area contributed by atoms with Crippen molar-refractivity contribution in [3.63, 3.8) is 0 Å². The summed E-state index contributed by atoms with van der Waals surface area (Å²) in [6.45, 7) is 0. The molecule has 0 radical (unpaired) electrons. The predicted molar refractivity (Wildman–Crippen MR) is 63.0 cm³/mol. The number of hydrogen-bond donors (Lipinski definition) is 3. The van der Waals surface area contributed by atoms with E-state index in [1.165, 1.54) is 5.56 Å². The van der Waals surface area contributed by atoms with Crippen LogP contribution < -0.4 is 16.6 Å². The highest BCUT2D eigenvalue weighted by molar-refractivity contribution is 5.86. The number of amides is 3. The van der Waals surface area contributed by atoms with Gasteiger partial charge in [0.1, 0.15) is 0 Å². The van der Waals surface area contributed by atoms with Gasteiger partial charge in [0.2, 0.25) is 5.91 Å². The van der Waals surface area contributed by atoms with Gasteiger partial charge in [-0.25, -0.2) is 10.2 Å². The number of carbonyl (C=O) groups excluding carboxylic acids is 2. The lowest BCUT2D eigenvalue weighted by atomic mass is 9.82. The maximum atomic E-state index is 11.9. The quantitative estimate of drug-likeness (QED) is 0.627. The summed E-state index contributed by atoms with van der Waals surface area (Å²) in [6.07, 6.45) is 2.78. The Morgan fingerprint density at radius 3 is 2.76 bits per heavy atom. The second-order valence-electron chi connectivity index (χ2n) is 4.12. The number of hydrogen-bond acceptors (Lipinski definition) is 2. The van der Waals surface area contributed by atoms with Gasteiger partial charge in [0.15, 0.2) is 0 Å². The van der Waals surface area contributed by atoms with Crippen molar-refractivity contribution < 1.29 is 9.59 Å². The van der Waals surface area contributed by atoms with Gasteiger partial charge in [-0.3, -0.25) is 10.2 Å². The van der Waals surface area contributed by atoms with E-state index < -0.39 is 6.03 Å². The zero-order valence-electron chi connectivity index (χ0n) is 9.40. The Balaban J connectivity index is 2.12. The Kier molecular flexibility index (Phi) is 3.27. The van der Waals surface area contributed by atoms with E-state index in [0.29, 0.717) is 0 Å². The fourth-order valence-electron chi connectivity index (χ4n) is 2.24. The average molecular weight is 233 g/mol. The van der Waals surface area contributed by atoms with Gasteiger partial charge >= 0.3 is 6.03 Å². The van der Waals surface area contributed by atoms with Crippen molar-refractivity contribution in [3.8, 4) is 0 Å². The van der Waals surface area contributed by atoms with Gasteiger partial charge in [-0.1, -0.05) is 24.3 Å². The summed E-state index contributed by atoms with van der Waals surface area (Å²) in [5, 5.41) is 0. The van der Waals surface area contributed by atoms with Crippen molar-refractivity contribution in [1.82, 2.24) is 10.9 Å². The van der Waals surface area contributed by atoms with Crippen LogP contribution in [0.3, 0.4) is 0 Å². The third-order valence-electron chi connectivity index (χ3n) is 2.99. The average Bonchev–Trinajstić information content (AvgIpc) is 2.35. The fourth-order valence-corrected chi connectivity index (χ4v) is 2.24. The molecule has 3 amide bonds. The highest BCUT2D eigenvalue weighted by atomic mass is 16.2. The van der Waals surface area contributed by atoms with Crippen molar-refractivity contribution in [1.29, 1.82) is 0 Å². The largest absolute Gasteiger partial charge is 0.350 e. The van der Waals surface area contributed by atoms with E-state index in [0.717, 1.165) is 24.8 Å². The lowest BCUT2D eigenvalue weighted by Crippen LogP contribution is -2.46. The molecule has 0 heterocycles. The first-order chi connectivity index (χ1) is 8.18. The number of benzene rings is 1. The molecular weight excluding hydrogens is 218 g/mol. The maximum Gasteiger partial charge on any atom is 0.330 e. The predicted octanol–water partition coefficient (Wildman–Crippen LogP) is 0.806. The molecule has 1 atom stereocenters. The lowest BCUT2D eigenvalue weighted by molar-refractivity contribution is -0.123. The number of aryl methyl sites for hydroxylation is 1. The second kappa shape index (κ2) is 4.86. The SMILES string of the molecule is NC(=O)NNC(=O)C1CCCc2ccccc21. The molecule has 0 aromatic heterocycles. The van der Waals surface area contributed by atoms with Crippen molar-refractivity contribution in [2.45, 2.75) is 25.2 Å². The topological polar surface area (TPSA) is 84.2 Å². The van der Waals surface area contributed by atoms with Gasteiger partial charge in [-0.15, -0.1) is 0 Å². The second-order valence-corrected chi connectivity index (χ2v) is 4.12. The first kappa shape index (κ1) is 11.4. The number of urea groups is 1. The third kappa shape index (κ3) is 2.55. The first-order valence-corrected chi connectivity index (χ1v) is 5.61. The molecule has 1 aliphatic rings. The summed E-state index contributed by atoms with van der Waals surface area (Å²) >= 11 is 0. The van der Waals surface area contributed by atoms with Crippen molar-refractivity contribution in [3.05, 3.63) is 35.4 Å². The van der Waals surface area contributed by atoms with Gasteiger partial charge in [-0.05, 0) is 30.4 Å². The van der Waals surface area contributed by atoms with Crippen LogP contribution in [0.25, 0.3) is 0 Å². The van der Waals surface area contributed by atoms with E-state index in [1.54, 1.807) is 0 Å². The Morgan fingerprint density at radius 2 is 2.00 bits per heavy atom. The summed E-state index contributed by atoms with van der Waals surface area (Å²) in [7, 11) is 0. The molecule has 4 N–H and O–H groups in total. The van der Waals surface area contributed by atoms with E-state index in [9.17, 15) is 9.59 Å². The summed E-state index contributed by atoms with van der Waals surface area (Å²) in [5.74, 6) is -0.414. The highest BCUT2D eigenvalue weighted by Gasteiger charge is 2.26. The fraction of sp³-hybridized carbons (Fsp3) is 0.333. The van der Waals surface area contributed by atoms with Crippen LogP contribution in [0.1, 0.15) is 29.9 Å². The molecule has 5 heteroatoms. The first-order valence-electron chi connectivity index (χ1n) is 5.61. The van der Waals surface area contributed by atoms with Crippen LogP contribution in [0.5, 0.6) is 0 Å². The Bertz CT molecular complexity index is 445. The normalized spacial score (nSPS) is 18.0. The number of carbonyl (C=O) groups is 2. The van der Waals surface area contributed by atoms with Crippen LogP contribution >= 0.6 is 0 Å². The molecule has 1 aromatic rings. The monoisotopic (exact) mass is 233 g/mol. The van der Waals surface area contributed by atoms with Gasteiger partial charge < -0.3 is 5.73 Å². The molecule has 0 saturated heterocycles. The number of fused-ring (bicyclic) bond motifs is 1. The minimum absolute atomic E-state index is 0.202. The highest BCUT2D eigenvalue weighted by Crippen LogP contribution is 2.31. The van der Waals surface area contributed by atoms with Crippen LogP contribution in [-0.2, 0) is 11.2 Å². The van der Waals surface area contributed by atoms with Gasteiger partial charge in [0.05, 0.1) is 5.92 Å². The number of primary amides is 1. The maximum absolute atomic E-state index is 11.9. The minimum atomic E-state index is -0.762. The van der Waals surface area contributed by atoms with Crippen molar-refractivity contribution >= 4 is 11.9 Å². The molecule has 2 rings (SSSR count). The van der Waals surface area contributed by atoms with Crippen LogP contribution in [0.15, 0.2) is 24.3 Å². The molecule has 1 unspecified atom stereocenters. The minimum Gasteiger partial charge on any atom is -0.350 e. The smallest absolute Gasteiger partial charge is 0.330 e. The number of hydrazine groups is 1. The van der Waals surface area contributed by atoms with Crippen LogP contribution in [0.2, 0.25) is 0 Å². The van der Waals surface area contributed by atoms with E-state index >= 15 is 0 Å². The molecule has 0 aliphatic heterocycles. The Morgan fingerprint density at radius 1 is 1.24 bits per heavy atom. The molecule has 0 bridgehead atoms. The Labute approximate surface area is 99.3 Å². The molecular formula is C12H15N3O2. The lowest BCUT2D eigenvalue weighted by Gasteiger charge is -2.24. The van der Waals surface area contributed by atoms with Crippen LogP contribution in [0, 0.1) is 0 Å². The zero-order valence-corrected chi connectivity index (χ0v) is 9.40. The summed E-state index contributed by atoms with van der Waals surface area (Å²) in [5.41, 5.74) is 11.6. The van der Waals surface area contributed by atoms with Crippen molar-refractivity contribution in [2.75, 3.05) is 0 Å². The number of nitrogens with one attached hydrogen (secondary N) is 2. The number of nitrogens with two attached hydrogens (primary N) is 1. The molecule has 0 fully saturated rings. The molecule has 0 spiro atoms. The van der Waals surface area contributed by atoms with Crippen LogP contribution in [0.4, 0.5) is 4.79 Å². The summed E-state index contributed by atoms with van der Waals surface area (Å²) < 4.78 is 0. The van der Waals surface area contributed by atoms with E-state index in [2.05, 4.69) is 10.9 Å². The molecule has 0 saturated carbocycles. The standard InChI is InChI=1S/C12H15N3O2/c13-12(17)15-14-11(16)10-7-3-5-8-4-1-2-6-9(8)10/h1-2,4,6,10H,3,5,7H2,(H,14,16)(H3,13,15,17). The summed E-state index contributed by atoms with van der Waals surface area (Å²) in [4.78, 5) is 22.4. The molecule has 17 heavy (non-hydrogen) atoms. The third-order valence-corrected chi connectivity index (χ3v) is 2.99. The van der Waals surface area contributed by atoms with Crippen LogP contribution in [-0.4, -0.2) is 11.9 Å². The van der Waals surface area contributed by atoms with Gasteiger partial charge in [-0.2, -0.15) is 0 Å². The van der Waals surface area contributed by atoms with Gasteiger partial charge in [0.25, 0.3) is 0 Å². The molecule has 90 valence electrons. The summed E-state index contributed by atoms with van der Waals surface area (Å²) in [6, 6.07) is 7.13. The zero-order chi connectivity index (χ0) is 12.3. The van der Waals surface area contributed by atoms with E-state index in [4.69, 9.17) is 5.73 Å². The van der Waals surface area contributed by atoms with Crippen molar-refractivity contribution in [2.24, 2.45) is 5.73 Å². The van der Waals surface area contributed by atoms with E-state index in [-0.39, 0.29) is 11.8 Å². The van der Waals surface area contributed by atoms with E-state index in [1.807, 2.05) is 24.3 Å². The molecule has 1 aromatic carbocycles. The Hall–Kier alpha value is -2.04. The number of rotatable bonds is 1. The molecule has 5 nitrogen and oxygen atoms in total. The molecule has 1 aliphatic carbocycles. The van der Waals surface area contributed by atoms with Gasteiger partial charge in [0, 0.05) is 0 Å².